The molecule has 1 aromatic heterocycles. The van der Waals surface area contributed by atoms with E-state index in [1.165, 1.54) is 10.8 Å². The highest BCUT2D eigenvalue weighted by molar-refractivity contribution is 6.23. The Balaban J connectivity index is 1.20. The van der Waals surface area contributed by atoms with Gasteiger partial charge in [0.05, 0.1) is 11.0 Å². The summed E-state index contributed by atoms with van der Waals surface area (Å²) in [7, 11) is 0. The molecule has 0 unspecified atom stereocenters. The molecule has 0 aliphatic rings. The van der Waals surface area contributed by atoms with Crippen LogP contribution in [0.4, 0.5) is 0 Å². The van der Waals surface area contributed by atoms with Crippen LogP contribution in [0.5, 0.6) is 0 Å². The van der Waals surface area contributed by atoms with Gasteiger partial charge in [-0.3, -0.25) is 0 Å². The Kier molecular flexibility index (Phi) is 4.57. The summed E-state index contributed by atoms with van der Waals surface area (Å²) in [6, 6.07) is 41.1. The van der Waals surface area contributed by atoms with Crippen molar-refractivity contribution < 1.29 is 15.4 Å². The zero-order valence-corrected chi connectivity index (χ0v) is 27.1. The van der Waals surface area contributed by atoms with Gasteiger partial charge in [-0.2, -0.15) is 0 Å². The van der Waals surface area contributed by atoms with E-state index in [4.69, 9.17) is 9.90 Å². The number of hydrogen-bond donors (Lipinski definition) is 0. The van der Waals surface area contributed by atoms with Gasteiger partial charge in [0.2, 0.25) is 0 Å². The van der Waals surface area contributed by atoms with Gasteiger partial charge in [-0.15, -0.1) is 0 Å². The zero-order valence-electron chi connectivity index (χ0n) is 35.1. The summed E-state index contributed by atoms with van der Waals surface area (Å²) >= 11 is 0. The first-order chi connectivity index (χ1) is 28.6. The van der Waals surface area contributed by atoms with Crippen molar-refractivity contribution in [1.82, 2.24) is 0 Å². The van der Waals surface area contributed by atoms with Crippen molar-refractivity contribution in [2.24, 2.45) is 0 Å². The lowest BCUT2D eigenvalue weighted by atomic mass is 9.85. The third-order valence-corrected chi connectivity index (χ3v) is 10.3. The highest BCUT2D eigenvalue weighted by Crippen LogP contribution is 2.45. The van der Waals surface area contributed by atoms with Crippen LogP contribution in [0.1, 0.15) is 11.0 Å². The topological polar surface area (TPSA) is 13.1 Å². The highest BCUT2D eigenvalue weighted by atomic mass is 16.3. The van der Waals surface area contributed by atoms with Crippen LogP contribution in [0.25, 0.3) is 109 Å². The molecule has 0 bridgehead atoms. The van der Waals surface area contributed by atoms with Crippen LogP contribution in [-0.2, 0) is 0 Å². The van der Waals surface area contributed by atoms with Crippen LogP contribution in [0.15, 0.2) is 186 Å². The molecule has 0 radical (unpaired) electrons. The monoisotopic (exact) mass is 654 g/mol. The molecule has 0 aliphatic carbocycles. The van der Waals surface area contributed by atoms with Gasteiger partial charge in [0.1, 0.15) is 11.2 Å². The van der Waals surface area contributed by atoms with E-state index in [1.807, 2.05) is 84.9 Å². The molecular weight excluding hydrogens is 617 g/mol. The number of hydrogen-bond acceptors (Lipinski definition) is 1. The second-order valence-corrected chi connectivity index (χ2v) is 13.0. The number of furan rings is 1. The van der Waals surface area contributed by atoms with Gasteiger partial charge in [0.15, 0.2) is 0 Å². The number of rotatable bonds is 3. The van der Waals surface area contributed by atoms with Gasteiger partial charge < -0.3 is 4.42 Å². The van der Waals surface area contributed by atoms with E-state index in [1.54, 1.807) is 6.07 Å². The maximum atomic E-state index is 9.39. The van der Waals surface area contributed by atoms with Gasteiger partial charge in [0, 0.05) is 16.2 Å². The highest BCUT2D eigenvalue weighted by Gasteiger charge is 2.18. The van der Waals surface area contributed by atoms with E-state index in [0.29, 0.717) is 33.4 Å². The van der Waals surface area contributed by atoms with Crippen molar-refractivity contribution in [3.8, 4) is 33.4 Å². The summed E-state index contributed by atoms with van der Waals surface area (Å²) in [4.78, 5) is 0. The molecule has 0 atom stereocenters. The summed E-state index contributed by atoms with van der Waals surface area (Å²) in [6.45, 7) is 0. The molecule has 0 saturated carbocycles. The minimum atomic E-state index is -0.435. The summed E-state index contributed by atoms with van der Waals surface area (Å²) < 4.78 is 79.3. The van der Waals surface area contributed by atoms with E-state index in [9.17, 15) is 5.48 Å². The molecule has 11 aromatic rings. The third-order valence-electron chi connectivity index (χ3n) is 10.3. The fourth-order valence-electron chi connectivity index (χ4n) is 7.88. The Bertz CT molecular complexity index is 3560. The summed E-state index contributed by atoms with van der Waals surface area (Å²) in [5, 5.41) is 8.90. The Morgan fingerprint density at radius 3 is 1.57 bits per heavy atom. The molecule has 0 fully saturated rings. The van der Waals surface area contributed by atoms with Crippen molar-refractivity contribution in [3.63, 3.8) is 0 Å². The average Bonchev–Trinajstić information content (AvgIpc) is 3.66. The summed E-state index contributed by atoms with van der Waals surface area (Å²) in [6.07, 6.45) is 0. The van der Waals surface area contributed by atoms with Gasteiger partial charge in [-0.25, -0.2) is 0 Å². The lowest BCUT2D eigenvalue weighted by molar-refractivity contribution is 0.672. The maximum Gasteiger partial charge on any atom is 0.143 e. The number of fused-ring (bicyclic) bond motifs is 10. The largest absolute Gasteiger partial charge is 0.455 e. The first-order valence-electron chi connectivity index (χ1n) is 20.9. The molecule has 51 heavy (non-hydrogen) atoms. The first kappa shape index (κ1) is 21.4. The normalized spacial score (nSPS) is 14.1. The van der Waals surface area contributed by atoms with Crippen LogP contribution in [0, 0.1) is 0 Å². The van der Waals surface area contributed by atoms with Gasteiger partial charge >= 0.3 is 0 Å². The standard InChI is InChI=1S/C50H30O/c1-3-11-38-32(9-1)19-22-36-29-35(24-26-39(36)38)31-17-20-34(21-18-31)48-41-13-5-7-15-43(41)49(44-16-8-6-14-42(44)48)37-25-28-47-46(30-37)45-27-23-33-10-2-4-12-40(33)50(45)51-47/h1-30H/i5D,6D,7D,8D,13D,14D,15D,16D. The lowest BCUT2D eigenvalue weighted by Crippen LogP contribution is -1.91. The fraction of sp³-hybridized carbons (Fsp3) is 0. The van der Waals surface area contributed by atoms with Crippen LogP contribution in [0.3, 0.4) is 0 Å². The second-order valence-electron chi connectivity index (χ2n) is 13.0. The molecule has 0 N–H and O–H groups in total. The fourth-order valence-corrected chi connectivity index (χ4v) is 7.88. The zero-order chi connectivity index (χ0) is 40.4. The molecule has 11 rings (SSSR count). The van der Waals surface area contributed by atoms with Gasteiger partial charge in [-0.05, 0) is 106 Å². The minimum absolute atomic E-state index is 0.173. The summed E-state index contributed by atoms with van der Waals surface area (Å²) in [5.41, 5.74) is 4.95. The van der Waals surface area contributed by atoms with E-state index >= 15 is 0 Å². The second kappa shape index (κ2) is 10.9. The van der Waals surface area contributed by atoms with Crippen LogP contribution in [-0.4, -0.2) is 0 Å². The number of benzene rings is 10. The molecule has 0 aliphatic heterocycles. The average molecular weight is 655 g/mol. The van der Waals surface area contributed by atoms with E-state index in [-0.39, 0.29) is 45.7 Å². The lowest BCUT2D eigenvalue weighted by Gasteiger charge is -2.18. The van der Waals surface area contributed by atoms with Crippen LogP contribution < -0.4 is 0 Å². The van der Waals surface area contributed by atoms with Crippen molar-refractivity contribution in [3.05, 3.63) is 182 Å². The molecule has 1 heterocycles. The molecular formula is C50H30O. The van der Waals surface area contributed by atoms with E-state index < -0.39 is 24.2 Å². The molecule has 10 aromatic carbocycles. The maximum absolute atomic E-state index is 9.39. The Labute approximate surface area is 305 Å². The SMILES string of the molecule is [2H]c1c([2H])c([2H])c2c(-c3ccc4oc5c6ccccc6ccc5c4c3)c3c([2H])c([2H])c([2H])c([2H])c3c(-c3ccc(-c4ccc5c(ccc6ccccc65)c4)cc3)c2c1[2H]. The molecule has 0 amide bonds. The van der Waals surface area contributed by atoms with Crippen molar-refractivity contribution in [2.75, 3.05) is 0 Å². The van der Waals surface area contributed by atoms with Crippen molar-refractivity contribution >= 4 is 75.8 Å². The van der Waals surface area contributed by atoms with Crippen molar-refractivity contribution in [1.29, 1.82) is 0 Å². The predicted molar refractivity (Wildman–Crippen MR) is 218 cm³/mol. The quantitative estimate of drug-likeness (QED) is 0.136. The molecule has 236 valence electrons. The van der Waals surface area contributed by atoms with Crippen LogP contribution in [0.2, 0.25) is 0 Å². The Morgan fingerprint density at radius 1 is 0.333 bits per heavy atom. The van der Waals surface area contributed by atoms with Gasteiger partial charge in [0.25, 0.3) is 0 Å². The summed E-state index contributed by atoms with van der Waals surface area (Å²) in [5.74, 6) is 0. The Hall–Kier alpha value is -6.70. The van der Waals surface area contributed by atoms with Crippen LogP contribution >= 0.6 is 0 Å². The predicted octanol–water partition coefficient (Wildman–Crippen LogP) is 14.4. The third kappa shape index (κ3) is 4.28. The van der Waals surface area contributed by atoms with Crippen molar-refractivity contribution in [2.45, 2.75) is 0 Å². The van der Waals surface area contributed by atoms with E-state index in [0.717, 1.165) is 43.4 Å². The minimum Gasteiger partial charge on any atom is -0.455 e. The Morgan fingerprint density at radius 2 is 0.843 bits per heavy atom. The molecule has 0 spiro atoms. The smallest absolute Gasteiger partial charge is 0.143 e. The van der Waals surface area contributed by atoms with E-state index in [2.05, 4.69) is 42.5 Å². The van der Waals surface area contributed by atoms with Gasteiger partial charge in [-0.1, -0.05) is 158 Å². The first-order valence-corrected chi connectivity index (χ1v) is 16.9. The molecule has 0 saturated heterocycles. The molecule has 1 heteroatoms. The molecule has 1 nitrogen and oxygen atoms in total.